The molecular weight excluding hydrogens is 380 g/mol. The molecule has 2 rings (SSSR count). The topological polar surface area (TPSA) is 108 Å². The van der Waals surface area contributed by atoms with Gasteiger partial charge in [-0.2, -0.15) is 0 Å². The van der Waals surface area contributed by atoms with Crippen LogP contribution in [0.3, 0.4) is 0 Å². The molecule has 0 saturated carbocycles. The van der Waals surface area contributed by atoms with E-state index in [2.05, 4.69) is 0 Å². The van der Waals surface area contributed by atoms with E-state index in [1.807, 2.05) is 0 Å². The van der Waals surface area contributed by atoms with Crippen molar-refractivity contribution in [1.82, 2.24) is 0 Å². The van der Waals surface area contributed by atoms with Crippen LogP contribution in [0.2, 0.25) is 0 Å². The van der Waals surface area contributed by atoms with Crippen LogP contribution >= 0.6 is 0 Å². The molecule has 0 aromatic heterocycles. The fourth-order valence-electron chi connectivity index (χ4n) is 2.49. The Kier molecular flexibility index (Phi) is 6.97. The number of ether oxygens (including phenoxy) is 4. The van der Waals surface area contributed by atoms with E-state index in [1.165, 1.54) is 52.3 Å². The van der Waals surface area contributed by atoms with E-state index in [0.29, 0.717) is 22.6 Å². The number of aliphatic carboxylic acids is 1. The third-order valence-electron chi connectivity index (χ3n) is 3.68. The van der Waals surface area contributed by atoms with Gasteiger partial charge in [0.25, 0.3) is 0 Å². The summed E-state index contributed by atoms with van der Waals surface area (Å²) in [6, 6.07) is 9.09. The van der Waals surface area contributed by atoms with Crippen LogP contribution in [0.1, 0.15) is 25.0 Å². The molecule has 29 heavy (non-hydrogen) atoms. The average molecular weight is 400 g/mol. The number of hydrogen-bond acceptors (Lipinski definition) is 7. The van der Waals surface area contributed by atoms with Crippen LogP contribution < -0.4 is 18.9 Å². The molecule has 0 radical (unpaired) electrons. The molecule has 8 nitrogen and oxygen atoms in total. The summed E-state index contributed by atoms with van der Waals surface area (Å²) in [6.07, 6.45) is 1.39. The molecule has 2 aromatic rings. The molecule has 0 heterocycles. The lowest BCUT2D eigenvalue weighted by atomic mass is 10.0. The minimum absolute atomic E-state index is 0.00517. The van der Waals surface area contributed by atoms with Crippen molar-refractivity contribution in [3.8, 4) is 23.0 Å². The zero-order valence-corrected chi connectivity index (χ0v) is 16.3. The van der Waals surface area contributed by atoms with Gasteiger partial charge in [-0.05, 0) is 41.5 Å². The first-order valence-corrected chi connectivity index (χ1v) is 8.42. The van der Waals surface area contributed by atoms with Crippen molar-refractivity contribution in [2.75, 3.05) is 14.2 Å². The highest BCUT2D eigenvalue weighted by molar-refractivity contribution is 6.20. The Morgan fingerprint density at radius 2 is 1.38 bits per heavy atom. The summed E-state index contributed by atoms with van der Waals surface area (Å²) in [6.45, 7) is 2.41. The fraction of sp³-hybridized carbons (Fsp3) is 0.190. The lowest BCUT2D eigenvalue weighted by Gasteiger charge is -2.11. The maximum atomic E-state index is 11.9. The Balaban J connectivity index is 2.57. The van der Waals surface area contributed by atoms with Gasteiger partial charge in [-0.15, -0.1) is 0 Å². The van der Waals surface area contributed by atoms with E-state index in [4.69, 9.17) is 18.9 Å². The number of carbonyl (C=O) groups excluding carboxylic acids is 2. The van der Waals surface area contributed by atoms with E-state index in [9.17, 15) is 19.5 Å². The lowest BCUT2D eigenvalue weighted by Crippen LogP contribution is -2.07. The number of carbonyl (C=O) groups is 3. The fourth-order valence-corrected chi connectivity index (χ4v) is 2.49. The first kappa shape index (κ1) is 21.5. The monoisotopic (exact) mass is 400 g/mol. The van der Waals surface area contributed by atoms with E-state index in [1.54, 1.807) is 18.2 Å². The predicted octanol–water partition coefficient (Wildman–Crippen LogP) is 3.18. The Morgan fingerprint density at radius 1 is 0.828 bits per heavy atom. The average Bonchev–Trinajstić information content (AvgIpc) is 2.66. The van der Waals surface area contributed by atoms with Crippen molar-refractivity contribution >= 4 is 29.6 Å². The number of rotatable bonds is 7. The van der Waals surface area contributed by atoms with Crippen molar-refractivity contribution in [2.45, 2.75) is 13.8 Å². The number of methoxy groups -OCH3 is 2. The van der Waals surface area contributed by atoms with Crippen LogP contribution in [0.5, 0.6) is 23.0 Å². The molecule has 1 N–H and O–H groups in total. The van der Waals surface area contributed by atoms with Crippen LogP contribution in [-0.2, 0) is 14.4 Å². The molecule has 0 amide bonds. The van der Waals surface area contributed by atoms with Gasteiger partial charge in [0, 0.05) is 19.9 Å². The van der Waals surface area contributed by atoms with Crippen molar-refractivity contribution in [2.24, 2.45) is 0 Å². The molecule has 0 fully saturated rings. The minimum Gasteiger partial charge on any atom is -0.497 e. The smallest absolute Gasteiger partial charge is 0.336 e. The molecule has 152 valence electrons. The molecule has 0 spiro atoms. The van der Waals surface area contributed by atoms with Crippen LogP contribution in [0.15, 0.2) is 36.4 Å². The maximum absolute atomic E-state index is 11.9. The summed E-state index contributed by atoms with van der Waals surface area (Å²) in [4.78, 5) is 34.5. The number of carboxylic acids is 1. The molecule has 0 aliphatic rings. The van der Waals surface area contributed by atoms with Gasteiger partial charge in [-0.25, -0.2) is 4.79 Å². The molecule has 0 atom stereocenters. The van der Waals surface area contributed by atoms with Gasteiger partial charge in [0.1, 0.15) is 11.5 Å². The second-order valence-corrected chi connectivity index (χ2v) is 5.86. The second kappa shape index (κ2) is 9.41. The molecule has 0 aliphatic heterocycles. The van der Waals surface area contributed by atoms with Crippen LogP contribution in [0.4, 0.5) is 0 Å². The quantitative estimate of drug-likeness (QED) is 0.327. The van der Waals surface area contributed by atoms with Crippen molar-refractivity contribution in [1.29, 1.82) is 0 Å². The van der Waals surface area contributed by atoms with Gasteiger partial charge in [0.2, 0.25) is 0 Å². The van der Waals surface area contributed by atoms with Crippen molar-refractivity contribution in [3.05, 3.63) is 47.5 Å². The third kappa shape index (κ3) is 5.83. The summed E-state index contributed by atoms with van der Waals surface area (Å²) in [7, 11) is 2.92. The normalized spacial score (nSPS) is 10.8. The summed E-state index contributed by atoms with van der Waals surface area (Å²) in [5.74, 6) is -1.49. The van der Waals surface area contributed by atoms with Gasteiger partial charge in [-0.1, -0.05) is 6.07 Å². The molecule has 0 saturated heterocycles. The zero-order chi connectivity index (χ0) is 21.6. The highest BCUT2D eigenvalue weighted by atomic mass is 16.6. The Bertz CT molecular complexity index is 952. The molecule has 0 aliphatic carbocycles. The highest BCUT2D eigenvalue weighted by Gasteiger charge is 2.16. The van der Waals surface area contributed by atoms with Gasteiger partial charge in [-0.3, -0.25) is 9.59 Å². The van der Waals surface area contributed by atoms with Gasteiger partial charge in [0.05, 0.1) is 19.8 Å². The highest BCUT2D eigenvalue weighted by Crippen LogP contribution is 2.32. The first-order valence-electron chi connectivity index (χ1n) is 8.42. The van der Waals surface area contributed by atoms with Crippen LogP contribution in [0, 0.1) is 0 Å². The zero-order valence-electron chi connectivity index (χ0n) is 16.3. The van der Waals surface area contributed by atoms with Crippen molar-refractivity contribution in [3.63, 3.8) is 0 Å². The number of benzene rings is 2. The summed E-state index contributed by atoms with van der Waals surface area (Å²) < 4.78 is 20.5. The summed E-state index contributed by atoms with van der Waals surface area (Å²) in [5.41, 5.74) is 0.722. The molecule has 8 heteroatoms. The maximum Gasteiger partial charge on any atom is 0.336 e. The Hall–Kier alpha value is -3.81. The second-order valence-electron chi connectivity index (χ2n) is 5.86. The number of hydrogen-bond donors (Lipinski definition) is 1. The molecule has 0 bridgehead atoms. The van der Waals surface area contributed by atoms with Crippen LogP contribution in [0.25, 0.3) is 11.6 Å². The van der Waals surface area contributed by atoms with E-state index >= 15 is 0 Å². The van der Waals surface area contributed by atoms with Crippen molar-refractivity contribution < 1.29 is 38.4 Å². The third-order valence-corrected chi connectivity index (χ3v) is 3.68. The minimum atomic E-state index is -1.18. The summed E-state index contributed by atoms with van der Waals surface area (Å²) in [5, 5.41) is 9.70. The lowest BCUT2D eigenvalue weighted by molar-refractivity contribution is -0.134. The van der Waals surface area contributed by atoms with Crippen LogP contribution in [-0.4, -0.2) is 37.2 Å². The van der Waals surface area contributed by atoms with Gasteiger partial charge >= 0.3 is 17.9 Å². The van der Waals surface area contributed by atoms with E-state index in [-0.39, 0.29) is 17.1 Å². The molecular formula is C21H20O8. The Labute approximate surface area is 167 Å². The predicted molar refractivity (Wildman–Crippen MR) is 104 cm³/mol. The molecule has 0 unspecified atom stereocenters. The van der Waals surface area contributed by atoms with E-state index in [0.717, 1.165) is 0 Å². The Morgan fingerprint density at radius 3 is 1.86 bits per heavy atom. The standard InChI is InChI=1S/C21H20O8/c1-12(22)28-19-6-5-14(8-20(19)29-13(2)23)7-18(21(24)25)15-9-16(26-3)11-17(10-15)27-4/h5-11H,1-4H3,(H,24,25)/b18-7+. The number of esters is 2. The first-order chi connectivity index (χ1) is 13.7. The molecule has 2 aromatic carbocycles. The van der Waals surface area contributed by atoms with Gasteiger partial charge in [0.15, 0.2) is 11.5 Å². The van der Waals surface area contributed by atoms with Gasteiger partial charge < -0.3 is 24.1 Å². The summed E-state index contributed by atoms with van der Waals surface area (Å²) >= 11 is 0. The largest absolute Gasteiger partial charge is 0.497 e. The number of carboxylic acid groups (broad SMARTS) is 1. The van der Waals surface area contributed by atoms with E-state index < -0.39 is 17.9 Å². The SMILES string of the molecule is COc1cc(OC)cc(/C(=C\c2ccc(OC(C)=O)c(OC(C)=O)c2)C(=O)O)c1.